The van der Waals surface area contributed by atoms with Crippen LogP contribution in [0.2, 0.25) is 0 Å². The molecule has 4 nitrogen and oxygen atoms in total. The van der Waals surface area contributed by atoms with Gasteiger partial charge in [-0.15, -0.1) is 0 Å². The monoisotopic (exact) mass is 646 g/mol. The van der Waals surface area contributed by atoms with Crippen molar-refractivity contribution in [2.75, 3.05) is 0 Å². The third kappa shape index (κ3) is 4.72. The van der Waals surface area contributed by atoms with E-state index in [1.54, 1.807) is 6.07 Å². The summed E-state index contributed by atoms with van der Waals surface area (Å²) in [6.07, 6.45) is 0. The Bertz CT molecular complexity index is 2660. The molecule has 0 spiro atoms. The molecule has 8 aromatic rings. The van der Waals surface area contributed by atoms with Gasteiger partial charge in [0.1, 0.15) is 0 Å². The Kier molecular flexibility index (Phi) is 7.00. The van der Waals surface area contributed by atoms with Crippen LogP contribution >= 0.6 is 0 Å². The summed E-state index contributed by atoms with van der Waals surface area (Å²) in [4.78, 5) is 3.80. The van der Waals surface area contributed by atoms with Gasteiger partial charge in [0.15, 0.2) is 0 Å². The fraction of sp³-hybridized carbons (Fsp3) is 0.174. The maximum absolute atomic E-state index is 10.6. The predicted octanol–water partition coefficient (Wildman–Crippen LogP) is 12.6. The maximum Gasteiger partial charge on any atom is 0.205 e. The summed E-state index contributed by atoms with van der Waals surface area (Å²) in [5.41, 5.74) is 11.3. The van der Waals surface area contributed by atoms with Gasteiger partial charge < -0.3 is 9.13 Å². The number of hydrogen-bond acceptors (Lipinski definition) is 1. The van der Waals surface area contributed by atoms with Crippen LogP contribution in [0.3, 0.4) is 0 Å². The van der Waals surface area contributed by atoms with Crippen LogP contribution in [0.5, 0.6) is 0 Å². The van der Waals surface area contributed by atoms with Crippen molar-refractivity contribution in [1.29, 1.82) is 5.26 Å². The summed E-state index contributed by atoms with van der Waals surface area (Å²) in [6, 6.07) is 45.2. The van der Waals surface area contributed by atoms with E-state index >= 15 is 0 Å². The van der Waals surface area contributed by atoms with Gasteiger partial charge in [-0.1, -0.05) is 108 Å². The van der Waals surface area contributed by atoms with Crippen LogP contribution in [0.1, 0.15) is 58.2 Å². The van der Waals surface area contributed by atoms with Crippen molar-refractivity contribution in [3.8, 4) is 28.6 Å². The predicted molar refractivity (Wildman–Crippen MR) is 209 cm³/mol. The van der Waals surface area contributed by atoms with Gasteiger partial charge in [-0.05, 0) is 82.1 Å². The number of para-hydroxylation sites is 2. The third-order valence-corrected chi connectivity index (χ3v) is 10.1. The molecule has 2 heterocycles. The molecule has 0 saturated carbocycles. The average molecular weight is 647 g/mol. The molecule has 4 heteroatoms. The topological polar surface area (TPSA) is 38.0 Å². The quantitative estimate of drug-likeness (QED) is 0.176. The second-order valence-corrected chi connectivity index (χ2v) is 15.3. The minimum atomic E-state index is -0.0184. The average Bonchev–Trinajstić information content (AvgIpc) is 3.62. The third-order valence-electron chi connectivity index (χ3n) is 10.1. The number of hydrogen-bond donors (Lipinski definition) is 0. The van der Waals surface area contributed by atoms with E-state index < -0.39 is 0 Å². The number of nitriles is 1. The van der Waals surface area contributed by atoms with E-state index in [4.69, 9.17) is 6.57 Å². The minimum Gasteiger partial charge on any atom is -0.309 e. The molecule has 2 aromatic heterocycles. The van der Waals surface area contributed by atoms with Crippen molar-refractivity contribution in [3.63, 3.8) is 0 Å². The first-order valence-corrected chi connectivity index (χ1v) is 17.1. The van der Waals surface area contributed by atoms with E-state index in [9.17, 15) is 5.26 Å². The number of fused-ring (bicyclic) bond motifs is 6. The molecule has 50 heavy (non-hydrogen) atoms. The molecule has 0 N–H and O–H groups in total. The largest absolute Gasteiger partial charge is 0.309 e. The highest BCUT2D eigenvalue weighted by Gasteiger charge is 2.26. The molecule has 0 atom stereocenters. The van der Waals surface area contributed by atoms with Gasteiger partial charge in [0.05, 0.1) is 46.0 Å². The molecule has 242 valence electrons. The lowest BCUT2D eigenvalue weighted by Crippen LogP contribution is -2.10. The summed E-state index contributed by atoms with van der Waals surface area (Å²) in [5.74, 6) is 0. The van der Waals surface area contributed by atoms with Crippen LogP contribution < -0.4 is 0 Å². The van der Waals surface area contributed by atoms with E-state index in [0.29, 0.717) is 11.3 Å². The van der Waals surface area contributed by atoms with Crippen molar-refractivity contribution in [3.05, 3.63) is 149 Å². The lowest BCUT2D eigenvalue weighted by molar-refractivity contribution is 0.590. The summed E-state index contributed by atoms with van der Waals surface area (Å²) in [6.45, 7) is 21.5. The molecular weight excluding hydrogens is 609 g/mol. The fourth-order valence-corrected chi connectivity index (χ4v) is 7.54. The zero-order valence-electron chi connectivity index (χ0n) is 29.3. The number of aromatic nitrogens is 2. The SMILES string of the molecule is [C-]#[N+]c1cccc(-c2c(-n3c4ccc(C(C)(C)C)cc4c4cc(C(C)(C)C)ccc43)ccc3c2c2ccccc2n3-c2ccccc2)c1C#N. The van der Waals surface area contributed by atoms with Gasteiger partial charge >= 0.3 is 0 Å². The zero-order valence-corrected chi connectivity index (χ0v) is 29.3. The smallest absolute Gasteiger partial charge is 0.205 e. The van der Waals surface area contributed by atoms with Crippen LogP contribution in [-0.2, 0) is 10.8 Å². The first kappa shape index (κ1) is 31.2. The Balaban J connectivity index is 1.60. The lowest BCUT2D eigenvalue weighted by atomic mass is 9.85. The van der Waals surface area contributed by atoms with E-state index in [1.165, 1.54) is 21.9 Å². The molecule has 8 rings (SSSR count). The highest BCUT2D eigenvalue weighted by Crippen LogP contribution is 2.46. The highest BCUT2D eigenvalue weighted by atomic mass is 15.0. The van der Waals surface area contributed by atoms with E-state index in [2.05, 4.69) is 159 Å². The Morgan fingerprint density at radius 2 is 1.16 bits per heavy atom. The van der Waals surface area contributed by atoms with Crippen LogP contribution in [-0.4, -0.2) is 9.13 Å². The summed E-state index contributed by atoms with van der Waals surface area (Å²) in [7, 11) is 0. The normalized spacial score (nSPS) is 12.2. The fourth-order valence-electron chi connectivity index (χ4n) is 7.54. The second kappa shape index (κ2) is 11.2. The number of benzene rings is 6. The molecule has 0 aliphatic rings. The molecule has 0 saturated heterocycles. The molecule has 0 amide bonds. The van der Waals surface area contributed by atoms with Gasteiger partial charge in [0.25, 0.3) is 0 Å². The molecule has 0 aliphatic carbocycles. The second-order valence-electron chi connectivity index (χ2n) is 15.3. The molecule has 0 fully saturated rings. The number of nitrogens with zero attached hydrogens (tertiary/aromatic N) is 4. The van der Waals surface area contributed by atoms with Crippen molar-refractivity contribution in [1.82, 2.24) is 9.13 Å². The van der Waals surface area contributed by atoms with Crippen molar-refractivity contribution in [2.24, 2.45) is 0 Å². The standard InChI is InChI=1S/C46H38N4/c1-45(2,3)29-20-22-39-34(26-29)35-27-30(46(4,5)6)21-23-40(35)50(39)42-25-24-41-44(43(42)32-17-13-18-37(48-7)36(32)28-47)33-16-11-12-19-38(33)49(41)31-14-9-8-10-15-31/h8-27H,1-6H3. The van der Waals surface area contributed by atoms with Crippen LogP contribution in [0, 0.1) is 17.9 Å². The highest BCUT2D eigenvalue weighted by molar-refractivity contribution is 6.19. The van der Waals surface area contributed by atoms with E-state index in [1.807, 2.05) is 18.2 Å². The minimum absolute atomic E-state index is 0.0184. The molecule has 0 bridgehead atoms. The Morgan fingerprint density at radius 1 is 0.580 bits per heavy atom. The Morgan fingerprint density at radius 3 is 1.76 bits per heavy atom. The Hall–Kier alpha value is -6.10. The van der Waals surface area contributed by atoms with Crippen molar-refractivity contribution in [2.45, 2.75) is 52.4 Å². The van der Waals surface area contributed by atoms with Gasteiger partial charge in [-0.25, -0.2) is 4.85 Å². The van der Waals surface area contributed by atoms with Crippen LogP contribution in [0.25, 0.3) is 71.0 Å². The van der Waals surface area contributed by atoms with Crippen LogP contribution in [0.4, 0.5) is 5.69 Å². The molecule has 0 radical (unpaired) electrons. The first-order chi connectivity index (χ1) is 24.0. The summed E-state index contributed by atoms with van der Waals surface area (Å²) < 4.78 is 4.68. The summed E-state index contributed by atoms with van der Waals surface area (Å²) >= 11 is 0. The van der Waals surface area contributed by atoms with E-state index in [0.717, 1.165) is 55.3 Å². The first-order valence-electron chi connectivity index (χ1n) is 17.1. The molecule has 6 aromatic carbocycles. The summed E-state index contributed by atoms with van der Waals surface area (Å²) in [5, 5.41) is 15.2. The molecular formula is C46H38N4. The van der Waals surface area contributed by atoms with Gasteiger partial charge in [-0.3, -0.25) is 0 Å². The van der Waals surface area contributed by atoms with Gasteiger partial charge in [-0.2, -0.15) is 5.26 Å². The molecule has 0 unspecified atom stereocenters. The van der Waals surface area contributed by atoms with Gasteiger partial charge in [0.2, 0.25) is 5.69 Å². The van der Waals surface area contributed by atoms with Crippen molar-refractivity contribution < 1.29 is 0 Å². The van der Waals surface area contributed by atoms with Gasteiger partial charge in [0, 0.05) is 32.8 Å². The molecule has 0 aliphatic heterocycles. The number of rotatable bonds is 3. The maximum atomic E-state index is 10.6. The lowest BCUT2D eigenvalue weighted by Gasteiger charge is -2.20. The van der Waals surface area contributed by atoms with E-state index in [-0.39, 0.29) is 10.8 Å². The van der Waals surface area contributed by atoms with Crippen molar-refractivity contribution >= 4 is 49.3 Å². The zero-order chi connectivity index (χ0) is 34.9. The van der Waals surface area contributed by atoms with Crippen LogP contribution in [0.15, 0.2) is 121 Å². The Labute approximate surface area is 293 Å².